The summed E-state index contributed by atoms with van der Waals surface area (Å²) in [7, 11) is 1.98. The van der Waals surface area contributed by atoms with Crippen molar-refractivity contribution in [2.45, 2.75) is 6.54 Å². The third-order valence-electron chi connectivity index (χ3n) is 3.42. The number of fused-ring (bicyclic) bond motifs is 1. The topological polar surface area (TPSA) is 52.8 Å². The number of aromatic nitrogens is 2. The van der Waals surface area contributed by atoms with Gasteiger partial charge < -0.3 is 4.90 Å². The van der Waals surface area contributed by atoms with Gasteiger partial charge in [0.1, 0.15) is 17.6 Å². The Bertz CT molecular complexity index is 815. The van der Waals surface area contributed by atoms with Crippen LogP contribution in [0.2, 0.25) is 0 Å². The van der Waals surface area contributed by atoms with Gasteiger partial charge in [-0.2, -0.15) is 5.26 Å². The van der Waals surface area contributed by atoms with Gasteiger partial charge in [-0.05, 0) is 29.1 Å². The van der Waals surface area contributed by atoms with Crippen molar-refractivity contribution in [1.29, 1.82) is 5.26 Å². The number of hydrogen-bond donors (Lipinski definition) is 0. The second kappa shape index (κ2) is 5.59. The van der Waals surface area contributed by atoms with Crippen molar-refractivity contribution in [2.75, 3.05) is 11.9 Å². The standard InChI is InChI=1S/C17H14N4/c1-21(17-7-3-6-15(10-18)20-17)12-14-5-2-4-13-11-19-9-8-16(13)14/h2-9,11H,12H2,1H3. The van der Waals surface area contributed by atoms with Gasteiger partial charge in [0, 0.05) is 31.4 Å². The Morgan fingerprint density at radius 2 is 2.00 bits per heavy atom. The molecule has 3 rings (SSSR count). The first kappa shape index (κ1) is 13.1. The lowest BCUT2D eigenvalue weighted by molar-refractivity contribution is 0.902. The summed E-state index contributed by atoms with van der Waals surface area (Å²) in [4.78, 5) is 10.5. The fourth-order valence-corrected chi connectivity index (χ4v) is 2.36. The van der Waals surface area contributed by atoms with Crippen LogP contribution in [0.1, 0.15) is 11.3 Å². The molecule has 21 heavy (non-hydrogen) atoms. The first-order chi connectivity index (χ1) is 10.3. The minimum Gasteiger partial charge on any atom is -0.355 e. The van der Waals surface area contributed by atoms with Crippen LogP contribution in [0.3, 0.4) is 0 Å². The second-order valence-corrected chi connectivity index (χ2v) is 4.86. The molecule has 0 N–H and O–H groups in total. The van der Waals surface area contributed by atoms with E-state index in [9.17, 15) is 0 Å². The summed E-state index contributed by atoms with van der Waals surface area (Å²) < 4.78 is 0. The summed E-state index contributed by atoms with van der Waals surface area (Å²) in [5.41, 5.74) is 1.64. The Labute approximate surface area is 123 Å². The average molecular weight is 274 g/mol. The summed E-state index contributed by atoms with van der Waals surface area (Å²) in [5.74, 6) is 0.792. The highest BCUT2D eigenvalue weighted by molar-refractivity contribution is 5.84. The van der Waals surface area contributed by atoms with Crippen molar-refractivity contribution in [2.24, 2.45) is 0 Å². The van der Waals surface area contributed by atoms with Gasteiger partial charge in [-0.15, -0.1) is 0 Å². The minimum absolute atomic E-state index is 0.432. The van der Waals surface area contributed by atoms with Gasteiger partial charge in [-0.25, -0.2) is 4.98 Å². The maximum Gasteiger partial charge on any atom is 0.142 e. The molecule has 0 aliphatic carbocycles. The molecular weight excluding hydrogens is 260 g/mol. The van der Waals surface area contributed by atoms with Crippen LogP contribution in [-0.4, -0.2) is 17.0 Å². The molecule has 0 radical (unpaired) electrons. The van der Waals surface area contributed by atoms with E-state index in [2.05, 4.69) is 28.2 Å². The first-order valence-electron chi connectivity index (χ1n) is 6.68. The molecule has 1 aromatic carbocycles. The Morgan fingerprint density at radius 1 is 1.14 bits per heavy atom. The average Bonchev–Trinajstić information content (AvgIpc) is 2.55. The van der Waals surface area contributed by atoms with Crippen LogP contribution in [0.5, 0.6) is 0 Å². The van der Waals surface area contributed by atoms with E-state index in [0.29, 0.717) is 5.69 Å². The summed E-state index contributed by atoms with van der Waals surface area (Å²) in [6.45, 7) is 0.725. The molecule has 4 nitrogen and oxygen atoms in total. The van der Waals surface area contributed by atoms with Crippen LogP contribution < -0.4 is 4.90 Å². The highest BCUT2D eigenvalue weighted by Gasteiger charge is 2.07. The van der Waals surface area contributed by atoms with E-state index in [1.807, 2.05) is 42.4 Å². The molecule has 3 aromatic rings. The predicted molar refractivity (Wildman–Crippen MR) is 82.8 cm³/mol. The van der Waals surface area contributed by atoms with Gasteiger partial charge in [-0.1, -0.05) is 24.3 Å². The second-order valence-electron chi connectivity index (χ2n) is 4.86. The molecule has 0 fully saturated rings. The molecule has 2 heterocycles. The quantitative estimate of drug-likeness (QED) is 0.736. The third-order valence-corrected chi connectivity index (χ3v) is 3.42. The van der Waals surface area contributed by atoms with E-state index >= 15 is 0 Å². The zero-order valence-electron chi connectivity index (χ0n) is 11.7. The number of rotatable bonds is 3. The lowest BCUT2D eigenvalue weighted by Gasteiger charge is -2.19. The first-order valence-corrected chi connectivity index (χ1v) is 6.68. The van der Waals surface area contributed by atoms with Crippen molar-refractivity contribution in [1.82, 2.24) is 9.97 Å². The molecule has 0 aliphatic heterocycles. The van der Waals surface area contributed by atoms with E-state index < -0.39 is 0 Å². The number of hydrogen-bond acceptors (Lipinski definition) is 4. The SMILES string of the molecule is CN(Cc1cccc2cnccc12)c1cccc(C#N)n1. The molecule has 0 saturated heterocycles. The number of pyridine rings is 2. The zero-order chi connectivity index (χ0) is 14.7. The van der Waals surface area contributed by atoms with E-state index in [0.717, 1.165) is 17.7 Å². The number of anilines is 1. The molecule has 0 spiro atoms. The van der Waals surface area contributed by atoms with E-state index in [1.165, 1.54) is 10.9 Å². The maximum atomic E-state index is 8.94. The smallest absolute Gasteiger partial charge is 0.142 e. The molecule has 0 saturated carbocycles. The van der Waals surface area contributed by atoms with Crippen LogP contribution in [0.25, 0.3) is 10.8 Å². The van der Waals surface area contributed by atoms with Gasteiger partial charge in [0.05, 0.1) is 0 Å². The van der Waals surface area contributed by atoms with Crippen LogP contribution in [-0.2, 0) is 6.54 Å². The van der Waals surface area contributed by atoms with Crippen molar-refractivity contribution in [3.05, 3.63) is 66.1 Å². The maximum absolute atomic E-state index is 8.94. The molecule has 102 valence electrons. The van der Waals surface area contributed by atoms with Crippen molar-refractivity contribution >= 4 is 16.6 Å². The van der Waals surface area contributed by atoms with Gasteiger partial charge >= 0.3 is 0 Å². The molecule has 4 heteroatoms. The van der Waals surface area contributed by atoms with Crippen LogP contribution in [0.4, 0.5) is 5.82 Å². The van der Waals surface area contributed by atoms with Crippen molar-refractivity contribution in [3.63, 3.8) is 0 Å². The largest absolute Gasteiger partial charge is 0.355 e. The predicted octanol–water partition coefficient (Wildman–Crippen LogP) is 3.14. The monoisotopic (exact) mass is 274 g/mol. The summed E-state index contributed by atoms with van der Waals surface area (Å²) in [6, 6.07) is 15.8. The van der Waals surface area contributed by atoms with Gasteiger partial charge in [0.25, 0.3) is 0 Å². The van der Waals surface area contributed by atoms with Crippen molar-refractivity contribution in [3.8, 4) is 6.07 Å². The Morgan fingerprint density at radius 3 is 2.86 bits per heavy atom. The number of nitriles is 1. The summed E-state index contributed by atoms with van der Waals surface area (Å²) >= 11 is 0. The Balaban J connectivity index is 1.93. The summed E-state index contributed by atoms with van der Waals surface area (Å²) in [5, 5.41) is 11.3. The lowest BCUT2D eigenvalue weighted by atomic mass is 10.1. The van der Waals surface area contributed by atoms with E-state index in [4.69, 9.17) is 5.26 Å². The van der Waals surface area contributed by atoms with E-state index in [1.54, 1.807) is 12.3 Å². The zero-order valence-corrected chi connectivity index (χ0v) is 11.7. The number of nitrogens with zero attached hydrogens (tertiary/aromatic N) is 4. The highest BCUT2D eigenvalue weighted by Crippen LogP contribution is 2.20. The van der Waals surface area contributed by atoms with E-state index in [-0.39, 0.29) is 0 Å². The fraction of sp³-hybridized carbons (Fsp3) is 0.118. The molecular formula is C17H14N4. The third kappa shape index (κ3) is 2.67. The van der Waals surface area contributed by atoms with Gasteiger partial charge in [0.15, 0.2) is 0 Å². The number of benzene rings is 1. The Hall–Kier alpha value is -2.93. The summed E-state index contributed by atoms with van der Waals surface area (Å²) in [6.07, 6.45) is 3.67. The molecule has 0 bridgehead atoms. The minimum atomic E-state index is 0.432. The fourth-order valence-electron chi connectivity index (χ4n) is 2.36. The van der Waals surface area contributed by atoms with Crippen LogP contribution in [0, 0.1) is 11.3 Å². The normalized spacial score (nSPS) is 10.3. The molecule has 0 amide bonds. The molecule has 0 aliphatic rings. The lowest BCUT2D eigenvalue weighted by Crippen LogP contribution is -2.18. The molecule has 0 unspecified atom stereocenters. The molecule has 2 aromatic heterocycles. The highest BCUT2D eigenvalue weighted by atomic mass is 15.2. The van der Waals surface area contributed by atoms with Gasteiger partial charge in [-0.3, -0.25) is 4.98 Å². The van der Waals surface area contributed by atoms with Crippen molar-refractivity contribution < 1.29 is 0 Å². The molecule has 0 atom stereocenters. The Kier molecular flexibility index (Phi) is 3.48. The van der Waals surface area contributed by atoms with Crippen LogP contribution >= 0.6 is 0 Å². The van der Waals surface area contributed by atoms with Gasteiger partial charge in [0.2, 0.25) is 0 Å². The van der Waals surface area contributed by atoms with Crippen LogP contribution in [0.15, 0.2) is 54.9 Å².